The minimum absolute atomic E-state index is 0.147. The quantitative estimate of drug-likeness (QED) is 0.885. The lowest BCUT2D eigenvalue weighted by molar-refractivity contribution is 0.0905. The summed E-state index contributed by atoms with van der Waals surface area (Å²) in [5.74, 6) is 0.414. The molecule has 0 aliphatic heterocycles. The molecule has 106 valence electrons. The Bertz CT molecular complexity index is 688. The molecule has 1 N–H and O–H groups in total. The number of amides is 1. The van der Waals surface area contributed by atoms with Gasteiger partial charge in [-0.1, -0.05) is 11.6 Å². The molecule has 1 aliphatic carbocycles. The molecule has 6 heteroatoms. The molecule has 1 aliphatic rings. The zero-order valence-corrected chi connectivity index (χ0v) is 12.5. The van der Waals surface area contributed by atoms with Crippen molar-refractivity contribution in [2.24, 2.45) is 5.92 Å². The van der Waals surface area contributed by atoms with Crippen molar-refractivity contribution in [2.45, 2.75) is 39.2 Å². The van der Waals surface area contributed by atoms with Gasteiger partial charge in [-0.25, -0.2) is 9.50 Å². The van der Waals surface area contributed by atoms with Gasteiger partial charge in [0.15, 0.2) is 5.65 Å². The first-order valence-corrected chi connectivity index (χ1v) is 7.09. The minimum Gasteiger partial charge on any atom is -0.347 e. The predicted octanol–water partition coefficient (Wildman–Crippen LogP) is 2.61. The summed E-state index contributed by atoms with van der Waals surface area (Å²) in [6, 6.07) is 1.72. The van der Waals surface area contributed by atoms with E-state index >= 15 is 0 Å². The summed E-state index contributed by atoms with van der Waals surface area (Å²) in [6.07, 6.45) is 3.86. The third kappa shape index (κ3) is 2.26. The van der Waals surface area contributed by atoms with Crippen molar-refractivity contribution in [3.8, 4) is 0 Å². The molecule has 0 radical (unpaired) electrons. The number of nitrogens with zero attached hydrogens (tertiary/aromatic N) is 3. The number of fused-ring (bicyclic) bond motifs is 1. The standard InChI is InChI=1S/C14H17ClN4O/c1-8-6-11(15)19-12(17-8)10(7-16-19)13(20)18-14(2,3)9-4-5-9/h6-7,9H,4-5H2,1-3H3,(H,18,20). The smallest absolute Gasteiger partial charge is 0.257 e. The second kappa shape index (κ2) is 4.45. The van der Waals surface area contributed by atoms with Crippen LogP contribution in [0.25, 0.3) is 5.65 Å². The van der Waals surface area contributed by atoms with Crippen molar-refractivity contribution in [1.82, 2.24) is 19.9 Å². The molecule has 1 amide bonds. The summed E-state index contributed by atoms with van der Waals surface area (Å²) in [5.41, 5.74) is 1.53. The third-order valence-electron chi connectivity index (χ3n) is 3.83. The van der Waals surface area contributed by atoms with E-state index in [0.717, 1.165) is 5.69 Å². The Kier molecular flexibility index (Phi) is 2.97. The molecule has 20 heavy (non-hydrogen) atoms. The third-order valence-corrected chi connectivity index (χ3v) is 4.10. The lowest BCUT2D eigenvalue weighted by atomic mass is 9.98. The number of aromatic nitrogens is 3. The van der Waals surface area contributed by atoms with Gasteiger partial charge in [-0.05, 0) is 45.6 Å². The maximum absolute atomic E-state index is 12.4. The first kappa shape index (κ1) is 13.4. The highest BCUT2D eigenvalue weighted by Gasteiger charge is 2.39. The average molecular weight is 293 g/mol. The van der Waals surface area contributed by atoms with Crippen molar-refractivity contribution < 1.29 is 4.79 Å². The highest BCUT2D eigenvalue weighted by molar-refractivity contribution is 6.29. The molecular formula is C14H17ClN4O. The van der Waals surface area contributed by atoms with Gasteiger partial charge >= 0.3 is 0 Å². The van der Waals surface area contributed by atoms with Crippen LogP contribution < -0.4 is 5.32 Å². The largest absolute Gasteiger partial charge is 0.347 e. The van der Waals surface area contributed by atoms with Crippen LogP contribution in [0, 0.1) is 12.8 Å². The number of aryl methyl sites for hydroxylation is 1. The minimum atomic E-state index is -0.195. The van der Waals surface area contributed by atoms with Crippen molar-refractivity contribution in [1.29, 1.82) is 0 Å². The highest BCUT2D eigenvalue weighted by Crippen LogP contribution is 2.39. The van der Waals surface area contributed by atoms with Crippen LogP contribution in [-0.4, -0.2) is 26.0 Å². The van der Waals surface area contributed by atoms with Gasteiger partial charge in [-0.15, -0.1) is 0 Å². The average Bonchev–Trinajstić information content (AvgIpc) is 3.10. The Morgan fingerprint density at radius 1 is 1.50 bits per heavy atom. The van der Waals surface area contributed by atoms with Crippen LogP contribution in [0.4, 0.5) is 0 Å². The van der Waals surface area contributed by atoms with E-state index in [2.05, 4.69) is 29.2 Å². The fourth-order valence-electron chi connectivity index (χ4n) is 2.47. The zero-order chi connectivity index (χ0) is 14.5. The SMILES string of the molecule is Cc1cc(Cl)n2ncc(C(=O)NC(C)(C)C3CC3)c2n1. The summed E-state index contributed by atoms with van der Waals surface area (Å²) >= 11 is 6.10. The van der Waals surface area contributed by atoms with Gasteiger partial charge in [0.2, 0.25) is 0 Å². The van der Waals surface area contributed by atoms with Gasteiger partial charge in [0.25, 0.3) is 5.91 Å². The molecular weight excluding hydrogens is 276 g/mol. The zero-order valence-electron chi connectivity index (χ0n) is 11.8. The first-order chi connectivity index (χ1) is 9.38. The van der Waals surface area contributed by atoms with E-state index in [-0.39, 0.29) is 11.4 Å². The van der Waals surface area contributed by atoms with E-state index in [1.54, 1.807) is 6.07 Å². The maximum Gasteiger partial charge on any atom is 0.257 e. The summed E-state index contributed by atoms with van der Waals surface area (Å²) in [5, 5.41) is 7.66. The van der Waals surface area contributed by atoms with Crippen molar-refractivity contribution in [3.05, 3.63) is 28.7 Å². The predicted molar refractivity (Wildman–Crippen MR) is 77.0 cm³/mol. The Balaban J connectivity index is 1.95. The summed E-state index contributed by atoms with van der Waals surface area (Å²) in [6.45, 7) is 5.95. The normalized spacial score (nSPS) is 15.6. The summed E-state index contributed by atoms with van der Waals surface area (Å²) in [4.78, 5) is 16.8. The molecule has 0 unspecified atom stereocenters. The molecule has 0 bridgehead atoms. The number of hydrogen-bond acceptors (Lipinski definition) is 3. The number of hydrogen-bond donors (Lipinski definition) is 1. The van der Waals surface area contributed by atoms with E-state index in [1.165, 1.54) is 23.6 Å². The van der Waals surface area contributed by atoms with Crippen LogP contribution in [0.5, 0.6) is 0 Å². The van der Waals surface area contributed by atoms with E-state index < -0.39 is 0 Å². The Morgan fingerprint density at radius 3 is 2.85 bits per heavy atom. The fraction of sp³-hybridized carbons (Fsp3) is 0.500. The lowest BCUT2D eigenvalue weighted by Crippen LogP contribution is -2.45. The number of carbonyl (C=O) groups is 1. The molecule has 2 aromatic heterocycles. The molecule has 5 nitrogen and oxygen atoms in total. The monoisotopic (exact) mass is 292 g/mol. The fourth-order valence-corrected chi connectivity index (χ4v) is 2.75. The van der Waals surface area contributed by atoms with Gasteiger partial charge in [-0.3, -0.25) is 4.79 Å². The molecule has 0 aromatic carbocycles. The molecule has 0 atom stereocenters. The molecule has 2 heterocycles. The molecule has 2 aromatic rings. The maximum atomic E-state index is 12.4. The number of carbonyl (C=O) groups excluding carboxylic acids is 1. The summed E-state index contributed by atoms with van der Waals surface area (Å²) < 4.78 is 1.48. The molecule has 0 saturated heterocycles. The van der Waals surface area contributed by atoms with E-state index in [9.17, 15) is 4.79 Å². The molecule has 0 spiro atoms. The lowest BCUT2D eigenvalue weighted by Gasteiger charge is -2.25. The van der Waals surface area contributed by atoms with Crippen LogP contribution in [0.2, 0.25) is 5.15 Å². The van der Waals surface area contributed by atoms with Crippen LogP contribution in [0.3, 0.4) is 0 Å². The van der Waals surface area contributed by atoms with Crippen LogP contribution in [-0.2, 0) is 0 Å². The Morgan fingerprint density at radius 2 is 2.20 bits per heavy atom. The van der Waals surface area contributed by atoms with Gasteiger partial charge in [0.1, 0.15) is 10.7 Å². The Hall–Kier alpha value is -1.62. The van der Waals surface area contributed by atoms with Crippen LogP contribution in [0.1, 0.15) is 42.7 Å². The summed E-state index contributed by atoms with van der Waals surface area (Å²) in [7, 11) is 0. The van der Waals surface area contributed by atoms with Crippen LogP contribution >= 0.6 is 11.6 Å². The van der Waals surface area contributed by atoms with E-state index in [4.69, 9.17) is 11.6 Å². The van der Waals surface area contributed by atoms with Gasteiger partial charge in [0, 0.05) is 11.2 Å². The second-order valence-corrected chi connectivity index (χ2v) is 6.35. The van der Waals surface area contributed by atoms with E-state index in [0.29, 0.717) is 22.3 Å². The van der Waals surface area contributed by atoms with Crippen molar-refractivity contribution in [3.63, 3.8) is 0 Å². The second-order valence-electron chi connectivity index (χ2n) is 5.96. The van der Waals surface area contributed by atoms with Gasteiger partial charge in [-0.2, -0.15) is 5.10 Å². The van der Waals surface area contributed by atoms with Gasteiger partial charge in [0.05, 0.1) is 6.20 Å². The number of nitrogens with one attached hydrogen (secondary N) is 1. The van der Waals surface area contributed by atoms with E-state index in [1.807, 2.05) is 6.92 Å². The van der Waals surface area contributed by atoms with Crippen molar-refractivity contribution in [2.75, 3.05) is 0 Å². The molecule has 1 fully saturated rings. The Labute approximate surface area is 122 Å². The highest BCUT2D eigenvalue weighted by atomic mass is 35.5. The first-order valence-electron chi connectivity index (χ1n) is 6.72. The number of halogens is 1. The van der Waals surface area contributed by atoms with Gasteiger partial charge < -0.3 is 5.32 Å². The van der Waals surface area contributed by atoms with Crippen molar-refractivity contribution >= 4 is 23.2 Å². The number of rotatable bonds is 3. The topological polar surface area (TPSA) is 59.3 Å². The molecule has 3 rings (SSSR count). The molecule has 1 saturated carbocycles. The van der Waals surface area contributed by atoms with Crippen LogP contribution in [0.15, 0.2) is 12.3 Å².